The van der Waals surface area contributed by atoms with Gasteiger partial charge in [0.25, 0.3) is 0 Å². The summed E-state index contributed by atoms with van der Waals surface area (Å²) in [5, 5.41) is 10.5. The second kappa shape index (κ2) is 10.5. The number of rotatable bonds is 9. The quantitative estimate of drug-likeness (QED) is 0.593. The van der Waals surface area contributed by atoms with Crippen molar-refractivity contribution in [2.24, 2.45) is 0 Å². The lowest BCUT2D eigenvalue weighted by Crippen LogP contribution is -2.40. The Morgan fingerprint density at radius 2 is 0.962 bits per heavy atom. The van der Waals surface area contributed by atoms with Gasteiger partial charge in [-0.25, -0.2) is 4.44 Å². The number of nitrogens with zero attached hydrogens (tertiary/aromatic N) is 1. The summed E-state index contributed by atoms with van der Waals surface area (Å²) >= 11 is 0. The fourth-order valence-electron chi connectivity index (χ4n) is 2.68. The van der Waals surface area contributed by atoms with E-state index in [2.05, 4.69) is 117 Å². The molecule has 2 N–H and O–H groups in total. The van der Waals surface area contributed by atoms with E-state index in [4.69, 9.17) is 0 Å². The molecular formula is C21H33N3P2. The van der Waals surface area contributed by atoms with Gasteiger partial charge in [0.15, 0.2) is 0 Å². The zero-order valence-corrected chi connectivity index (χ0v) is 18.6. The molecule has 0 heterocycles. The monoisotopic (exact) mass is 389 g/mol. The molecular weight excluding hydrogens is 356 g/mol. The van der Waals surface area contributed by atoms with Crippen molar-refractivity contribution in [3.05, 3.63) is 60.7 Å². The van der Waals surface area contributed by atoms with Gasteiger partial charge in [0.1, 0.15) is 0 Å². The Kier molecular flexibility index (Phi) is 8.67. The summed E-state index contributed by atoms with van der Waals surface area (Å²) < 4.78 is 2.68. The molecule has 2 aromatic rings. The third kappa shape index (κ3) is 6.12. The molecule has 0 saturated heterocycles. The van der Waals surface area contributed by atoms with Crippen molar-refractivity contribution in [1.82, 2.24) is 14.6 Å². The van der Waals surface area contributed by atoms with Crippen molar-refractivity contribution in [3.63, 3.8) is 0 Å². The highest BCUT2D eigenvalue weighted by Crippen LogP contribution is 2.53. The first-order valence-corrected chi connectivity index (χ1v) is 12.0. The predicted molar refractivity (Wildman–Crippen MR) is 120 cm³/mol. The van der Waals surface area contributed by atoms with Crippen LogP contribution < -0.4 is 20.8 Å². The van der Waals surface area contributed by atoms with Crippen molar-refractivity contribution >= 4 is 27.1 Å². The molecule has 26 heavy (non-hydrogen) atoms. The molecule has 142 valence electrons. The van der Waals surface area contributed by atoms with Crippen molar-refractivity contribution in [2.75, 3.05) is 0 Å². The topological polar surface area (TPSA) is 27.3 Å². The normalized spacial score (nSPS) is 14.4. The molecule has 0 bridgehead atoms. The molecule has 0 radical (unpaired) electrons. The van der Waals surface area contributed by atoms with Crippen LogP contribution in [0, 0.1) is 0 Å². The van der Waals surface area contributed by atoms with Crippen molar-refractivity contribution < 1.29 is 0 Å². The van der Waals surface area contributed by atoms with Gasteiger partial charge in [0, 0.05) is 28.7 Å². The molecule has 2 atom stereocenters. The van der Waals surface area contributed by atoms with Gasteiger partial charge in [0.05, 0.1) is 16.4 Å². The summed E-state index contributed by atoms with van der Waals surface area (Å²) in [4.78, 5) is 0. The van der Waals surface area contributed by atoms with Crippen LogP contribution in [0.15, 0.2) is 60.7 Å². The van der Waals surface area contributed by atoms with Gasteiger partial charge >= 0.3 is 0 Å². The summed E-state index contributed by atoms with van der Waals surface area (Å²) in [5.74, 6) is 0. The Morgan fingerprint density at radius 1 is 0.615 bits per heavy atom. The van der Waals surface area contributed by atoms with E-state index in [-0.39, 0.29) is 0 Å². The van der Waals surface area contributed by atoms with E-state index in [0.717, 1.165) is 0 Å². The van der Waals surface area contributed by atoms with Crippen LogP contribution in [-0.2, 0) is 0 Å². The molecule has 5 heteroatoms. The largest absolute Gasteiger partial charge is 0.277 e. The number of hydrogen-bond donors (Lipinski definition) is 2. The third-order valence-electron chi connectivity index (χ3n) is 3.63. The Morgan fingerprint density at radius 3 is 1.23 bits per heavy atom. The SMILES string of the molecule is CC(C)NP(c1ccccc1)N(C(C)C)P(NC(C)C)c1ccccc1. The smallest absolute Gasteiger partial charge is 0.0751 e. The first-order chi connectivity index (χ1) is 12.4. The highest BCUT2D eigenvalue weighted by molar-refractivity contribution is 7.76. The lowest BCUT2D eigenvalue weighted by molar-refractivity contribution is 0.552. The van der Waals surface area contributed by atoms with Gasteiger partial charge in [-0.3, -0.25) is 10.2 Å². The van der Waals surface area contributed by atoms with Crippen LogP contribution in [0.25, 0.3) is 0 Å². The Hall–Kier alpha value is -0.820. The lowest BCUT2D eigenvalue weighted by atomic mass is 10.4. The highest BCUT2D eigenvalue weighted by atomic mass is 31.2. The summed E-state index contributed by atoms with van der Waals surface area (Å²) in [6, 6.07) is 23.1. The van der Waals surface area contributed by atoms with E-state index in [1.54, 1.807) is 0 Å². The second-order valence-electron chi connectivity index (χ2n) is 7.28. The molecule has 0 aromatic heterocycles. The first-order valence-electron chi connectivity index (χ1n) is 9.42. The van der Waals surface area contributed by atoms with E-state index in [1.807, 2.05) is 0 Å². The van der Waals surface area contributed by atoms with Crippen LogP contribution >= 0.6 is 16.4 Å². The highest BCUT2D eigenvalue weighted by Gasteiger charge is 2.32. The maximum atomic E-state index is 3.87. The number of hydrogen-bond acceptors (Lipinski definition) is 3. The van der Waals surface area contributed by atoms with E-state index in [1.165, 1.54) is 10.6 Å². The Balaban J connectivity index is 2.49. The van der Waals surface area contributed by atoms with Crippen molar-refractivity contribution in [2.45, 2.75) is 59.7 Å². The maximum Gasteiger partial charge on any atom is 0.0751 e. The molecule has 2 aromatic carbocycles. The fraction of sp³-hybridized carbons (Fsp3) is 0.429. The molecule has 0 spiro atoms. The molecule has 0 fully saturated rings. The van der Waals surface area contributed by atoms with Crippen molar-refractivity contribution in [1.29, 1.82) is 0 Å². The predicted octanol–water partition coefficient (Wildman–Crippen LogP) is 4.97. The first kappa shape index (κ1) is 21.5. The molecule has 3 nitrogen and oxygen atoms in total. The zero-order valence-electron chi connectivity index (χ0n) is 16.8. The van der Waals surface area contributed by atoms with E-state index in [0.29, 0.717) is 18.1 Å². The lowest BCUT2D eigenvalue weighted by Gasteiger charge is -2.42. The van der Waals surface area contributed by atoms with Gasteiger partial charge in [-0.2, -0.15) is 0 Å². The average Bonchev–Trinajstić information content (AvgIpc) is 2.61. The van der Waals surface area contributed by atoms with E-state index < -0.39 is 16.4 Å². The molecule has 2 rings (SSSR count). The average molecular weight is 389 g/mol. The number of benzene rings is 2. The van der Waals surface area contributed by atoms with Gasteiger partial charge in [-0.05, 0) is 41.5 Å². The minimum Gasteiger partial charge on any atom is -0.277 e. The Bertz CT molecular complexity index is 579. The summed E-state index contributed by atoms with van der Waals surface area (Å²) in [6.45, 7) is 13.5. The minimum atomic E-state index is -0.642. The second-order valence-corrected chi connectivity index (χ2v) is 11.3. The van der Waals surface area contributed by atoms with Crippen LogP contribution in [0.1, 0.15) is 41.5 Å². The minimum absolute atomic E-state index is 0.421. The standard InChI is InChI=1S/C21H33N3P2/c1-17(2)22-25(20-13-9-7-10-14-20)24(19(5)6)26(23-18(3)4)21-15-11-8-12-16-21/h7-19,22-23H,1-6H3. The van der Waals surface area contributed by atoms with Crippen LogP contribution in [0.2, 0.25) is 0 Å². The third-order valence-corrected chi connectivity index (χ3v) is 9.55. The van der Waals surface area contributed by atoms with Crippen LogP contribution in [0.5, 0.6) is 0 Å². The molecule has 0 aliphatic carbocycles. The zero-order chi connectivity index (χ0) is 19.1. The number of nitrogens with one attached hydrogen (secondary N) is 2. The van der Waals surface area contributed by atoms with Crippen LogP contribution in [0.3, 0.4) is 0 Å². The molecule has 0 amide bonds. The molecule has 0 aliphatic rings. The van der Waals surface area contributed by atoms with Gasteiger partial charge in [0.2, 0.25) is 0 Å². The summed E-state index contributed by atoms with van der Waals surface area (Å²) in [7, 11) is -1.28. The van der Waals surface area contributed by atoms with Crippen molar-refractivity contribution in [3.8, 4) is 0 Å². The van der Waals surface area contributed by atoms with E-state index in [9.17, 15) is 0 Å². The van der Waals surface area contributed by atoms with E-state index >= 15 is 0 Å². The van der Waals surface area contributed by atoms with Crippen LogP contribution in [-0.4, -0.2) is 22.6 Å². The molecule has 0 aliphatic heterocycles. The fourth-order valence-corrected chi connectivity index (χ4v) is 8.15. The summed E-state index contributed by atoms with van der Waals surface area (Å²) in [6.07, 6.45) is 0. The molecule has 0 saturated carbocycles. The van der Waals surface area contributed by atoms with Crippen LogP contribution in [0.4, 0.5) is 0 Å². The van der Waals surface area contributed by atoms with Gasteiger partial charge < -0.3 is 0 Å². The Labute approximate surface area is 162 Å². The molecule has 2 unspecified atom stereocenters. The van der Waals surface area contributed by atoms with Gasteiger partial charge in [-0.15, -0.1) is 0 Å². The summed E-state index contributed by atoms with van der Waals surface area (Å²) in [5.41, 5.74) is 0. The maximum absolute atomic E-state index is 3.87. The van der Waals surface area contributed by atoms with Gasteiger partial charge in [-0.1, -0.05) is 60.7 Å².